The Hall–Kier alpha value is -3.44. The van der Waals surface area contributed by atoms with Crippen LogP contribution in [0.5, 0.6) is 0 Å². The van der Waals surface area contributed by atoms with Crippen LogP contribution in [0.2, 0.25) is 0 Å². The Labute approximate surface area is 190 Å². The molecule has 2 aromatic carbocycles. The largest absolute Gasteiger partial charge is 0.385 e. The summed E-state index contributed by atoms with van der Waals surface area (Å²) in [5.41, 5.74) is 8.05. The molecule has 0 atom stereocenters. The fourth-order valence-corrected chi connectivity index (χ4v) is 3.67. The van der Waals surface area contributed by atoms with Crippen molar-refractivity contribution in [1.82, 2.24) is 15.3 Å². The number of benzene rings is 2. The molecule has 0 saturated carbocycles. The maximum atomic E-state index is 5.88. The van der Waals surface area contributed by atoms with Crippen LogP contribution in [-0.4, -0.2) is 23.1 Å². The minimum absolute atomic E-state index is 0.541. The Kier molecular flexibility index (Phi) is 6.97. The molecule has 2 N–H and O–H groups in total. The lowest BCUT2D eigenvalue weighted by Gasteiger charge is -2.14. The SMILES string of the molecule is C=C(NCCCC)c1cc2cc(c1)Nc1ncc(C)c(n1)-c1cccc(c1)COC/C=C/2. The van der Waals surface area contributed by atoms with E-state index < -0.39 is 0 Å². The molecule has 0 spiro atoms. The average molecular weight is 427 g/mol. The minimum atomic E-state index is 0.541. The van der Waals surface area contributed by atoms with Crippen molar-refractivity contribution in [2.45, 2.75) is 33.3 Å². The summed E-state index contributed by atoms with van der Waals surface area (Å²) in [6, 6.07) is 14.6. The molecule has 1 aliphatic heterocycles. The molecule has 164 valence electrons. The normalized spacial score (nSPS) is 13.9. The summed E-state index contributed by atoms with van der Waals surface area (Å²) in [6.07, 6.45) is 8.24. The topological polar surface area (TPSA) is 59.1 Å². The van der Waals surface area contributed by atoms with Gasteiger partial charge in [0.25, 0.3) is 0 Å². The average Bonchev–Trinajstić information content (AvgIpc) is 2.80. The summed E-state index contributed by atoms with van der Waals surface area (Å²) in [4.78, 5) is 9.35. The van der Waals surface area contributed by atoms with Crippen LogP contribution in [-0.2, 0) is 11.3 Å². The zero-order valence-electron chi connectivity index (χ0n) is 18.8. The van der Waals surface area contributed by atoms with Crippen LogP contribution in [0, 0.1) is 6.92 Å². The first-order valence-corrected chi connectivity index (χ1v) is 11.1. The number of nitrogens with zero attached hydrogens (tertiary/aromatic N) is 2. The molecule has 0 aliphatic carbocycles. The molecule has 0 saturated heterocycles. The number of fused-ring (bicyclic) bond motifs is 7. The van der Waals surface area contributed by atoms with Gasteiger partial charge in [-0.15, -0.1) is 0 Å². The van der Waals surface area contributed by atoms with E-state index >= 15 is 0 Å². The number of nitrogens with one attached hydrogen (secondary N) is 2. The van der Waals surface area contributed by atoms with Gasteiger partial charge in [0.05, 0.1) is 18.9 Å². The second kappa shape index (κ2) is 10.2. The molecule has 6 bridgehead atoms. The Morgan fingerprint density at radius 2 is 2.12 bits per heavy atom. The molecule has 0 fully saturated rings. The second-order valence-electron chi connectivity index (χ2n) is 8.07. The van der Waals surface area contributed by atoms with Gasteiger partial charge in [-0.25, -0.2) is 9.97 Å². The molecule has 1 aliphatic rings. The highest BCUT2D eigenvalue weighted by Crippen LogP contribution is 2.26. The molecule has 32 heavy (non-hydrogen) atoms. The lowest BCUT2D eigenvalue weighted by Crippen LogP contribution is -2.13. The first kappa shape index (κ1) is 21.8. The van der Waals surface area contributed by atoms with Gasteiger partial charge in [-0.3, -0.25) is 0 Å². The van der Waals surface area contributed by atoms with Crippen molar-refractivity contribution < 1.29 is 4.74 Å². The third kappa shape index (κ3) is 5.42. The predicted octanol–water partition coefficient (Wildman–Crippen LogP) is 6.10. The first-order chi connectivity index (χ1) is 15.6. The van der Waals surface area contributed by atoms with E-state index in [0.29, 0.717) is 19.2 Å². The van der Waals surface area contributed by atoms with E-state index in [9.17, 15) is 0 Å². The van der Waals surface area contributed by atoms with E-state index in [1.165, 1.54) is 0 Å². The van der Waals surface area contributed by atoms with Crippen LogP contribution in [0.3, 0.4) is 0 Å². The molecular weight excluding hydrogens is 396 g/mol. The smallest absolute Gasteiger partial charge is 0.227 e. The maximum absolute atomic E-state index is 5.88. The van der Waals surface area contributed by atoms with E-state index in [4.69, 9.17) is 9.72 Å². The molecule has 0 amide bonds. The van der Waals surface area contributed by atoms with E-state index in [1.807, 2.05) is 25.3 Å². The fourth-order valence-electron chi connectivity index (χ4n) is 3.67. The highest BCUT2D eigenvalue weighted by atomic mass is 16.5. The minimum Gasteiger partial charge on any atom is -0.385 e. The van der Waals surface area contributed by atoms with Crippen molar-refractivity contribution in [2.75, 3.05) is 18.5 Å². The standard InChI is InChI=1S/C27H30N4O/c1-4-5-11-28-20(3)24-13-21-9-7-12-32-18-22-8-6-10-23(14-22)26-19(2)17-29-27(31-26)30-25(15-21)16-24/h6-10,13-17,28H,3-5,11-12,18H2,1-2H3,(H,29,30,31)/b9-7+. The number of unbranched alkanes of at least 4 members (excludes halogenated alkanes) is 1. The zero-order valence-corrected chi connectivity index (χ0v) is 18.8. The fraction of sp³-hybridized carbons (Fsp3) is 0.259. The van der Waals surface area contributed by atoms with Crippen LogP contribution >= 0.6 is 0 Å². The summed E-state index contributed by atoms with van der Waals surface area (Å²) in [5.74, 6) is 0.568. The van der Waals surface area contributed by atoms with Gasteiger partial charge in [0.1, 0.15) is 0 Å². The Morgan fingerprint density at radius 3 is 3.00 bits per heavy atom. The van der Waals surface area contributed by atoms with Crippen molar-refractivity contribution in [3.63, 3.8) is 0 Å². The number of aromatic nitrogens is 2. The monoisotopic (exact) mass is 426 g/mol. The Balaban J connectivity index is 1.72. The van der Waals surface area contributed by atoms with Crippen LogP contribution < -0.4 is 10.6 Å². The van der Waals surface area contributed by atoms with Gasteiger partial charge in [0, 0.05) is 29.7 Å². The van der Waals surface area contributed by atoms with Gasteiger partial charge in [-0.05, 0) is 59.9 Å². The van der Waals surface area contributed by atoms with Crippen LogP contribution in [0.15, 0.2) is 61.3 Å². The van der Waals surface area contributed by atoms with Gasteiger partial charge >= 0.3 is 0 Å². The Bertz CT molecular complexity index is 1140. The van der Waals surface area contributed by atoms with E-state index in [2.05, 4.69) is 71.6 Å². The van der Waals surface area contributed by atoms with Gasteiger partial charge < -0.3 is 15.4 Å². The quantitative estimate of drug-likeness (QED) is 0.483. The number of anilines is 2. The van der Waals surface area contributed by atoms with Crippen molar-refractivity contribution in [3.05, 3.63) is 83.6 Å². The highest BCUT2D eigenvalue weighted by Gasteiger charge is 2.10. The molecule has 5 nitrogen and oxygen atoms in total. The first-order valence-electron chi connectivity index (χ1n) is 11.1. The number of aryl methyl sites for hydroxylation is 1. The molecule has 0 unspecified atom stereocenters. The number of hydrogen-bond donors (Lipinski definition) is 2. The van der Waals surface area contributed by atoms with Gasteiger partial charge in [0.15, 0.2) is 0 Å². The van der Waals surface area contributed by atoms with Crippen LogP contribution in [0.1, 0.15) is 42.0 Å². The van der Waals surface area contributed by atoms with Crippen molar-refractivity contribution in [2.24, 2.45) is 0 Å². The molecular formula is C27H30N4O. The maximum Gasteiger partial charge on any atom is 0.227 e. The van der Waals surface area contributed by atoms with Gasteiger partial charge in [-0.1, -0.05) is 50.3 Å². The van der Waals surface area contributed by atoms with Crippen LogP contribution in [0.25, 0.3) is 23.0 Å². The Morgan fingerprint density at radius 1 is 1.22 bits per heavy atom. The molecule has 1 aromatic heterocycles. The van der Waals surface area contributed by atoms with Crippen LogP contribution in [0.4, 0.5) is 11.6 Å². The van der Waals surface area contributed by atoms with E-state index in [0.717, 1.165) is 64.3 Å². The molecule has 2 heterocycles. The van der Waals surface area contributed by atoms with Crippen molar-refractivity contribution >= 4 is 23.4 Å². The third-order valence-electron chi connectivity index (χ3n) is 5.39. The summed E-state index contributed by atoms with van der Waals surface area (Å²) in [5, 5.41) is 6.82. The van der Waals surface area contributed by atoms with E-state index in [-0.39, 0.29) is 0 Å². The number of ether oxygens (including phenoxy) is 1. The summed E-state index contributed by atoms with van der Waals surface area (Å²) < 4.78 is 5.88. The van der Waals surface area contributed by atoms with Crippen molar-refractivity contribution in [1.29, 1.82) is 0 Å². The lowest BCUT2D eigenvalue weighted by atomic mass is 10.1. The number of rotatable bonds is 5. The predicted molar refractivity (Wildman–Crippen MR) is 133 cm³/mol. The summed E-state index contributed by atoms with van der Waals surface area (Å²) >= 11 is 0. The lowest BCUT2D eigenvalue weighted by molar-refractivity contribution is 0.149. The van der Waals surface area contributed by atoms with Gasteiger partial charge in [-0.2, -0.15) is 0 Å². The van der Waals surface area contributed by atoms with E-state index in [1.54, 1.807) is 0 Å². The molecule has 4 rings (SSSR count). The highest BCUT2D eigenvalue weighted by molar-refractivity contribution is 5.73. The third-order valence-corrected chi connectivity index (χ3v) is 5.39. The summed E-state index contributed by atoms with van der Waals surface area (Å²) in [6.45, 7) is 10.5. The summed E-state index contributed by atoms with van der Waals surface area (Å²) in [7, 11) is 0. The molecule has 0 radical (unpaired) electrons. The number of hydrogen-bond acceptors (Lipinski definition) is 5. The van der Waals surface area contributed by atoms with Gasteiger partial charge in [0.2, 0.25) is 5.95 Å². The van der Waals surface area contributed by atoms with Crippen molar-refractivity contribution in [3.8, 4) is 11.3 Å². The second-order valence-corrected chi connectivity index (χ2v) is 8.07. The molecule has 3 aromatic rings. The zero-order chi connectivity index (χ0) is 22.3. The molecule has 5 heteroatoms.